The van der Waals surface area contributed by atoms with Gasteiger partial charge in [-0.15, -0.1) is 0 Å². The van der Waals surface area contributed by atoms with Crippen molar-refractivity contribution in [3.63, 3.8) is 0 Å². The van der Waals surface area contributed by atoms with Crippen LogP contribution in [0.1, 0.15) is 24.5 Å². The van der Waals surface area contributed by atoms with Crippen molar-refractivity contribution >= 4 is 40.6 Å². The van der Waals surface area contributed by atoms with Gasteiger partial charge in [-0.05, 0) is 66.6 Å². The first-order valence-electron chi connectivity index (χ1n) is 9.81. The van der Waals surface area contributed by atoms with E-state index in [0.29, 0.717) is 33.7 Å². The third kappa shape index (κ3) is 5.46. The minimum absolute atomic E-state index is 0.0932. The highest BCUT2D eigenvalue weighted by molar-refractivity contribution is 8.18. The average Bonchev–Trinajstić information content (AvgIpc) is 3.02. The molecule has 2 aromatic carbocycles. The van der Waals surface area contributed by atoms with E-state index in [0.717, 1.165) is 17.7 Å². The number of carbonyl (C=O) groups excluding carboxylic acids is 1. The van der Waals surface area contributed by atoms with Crippen molar-refractivity contribution in [1.82, 2.24) is 4.90 Å². The number of aryl methyl sites for hydroxylation is 1. The van der Waals surface area contributed by atoms with Crippen molar-refractivity contribution in [1.29, 1.82) is 0 Å². The van der Waals surface area contributed by atoms with E-state index in [-0.39, 0.29) is 5.91 Å². The zero-order valence-electron chi connectivity index (χ0n) is 17.6. The van der Waals surface area contributed by atoms with Crippen molar-refractivity contribution in [2.24, 2.45) is 4.99 Å². The van der Waals surface area contributed by atoms with Crippen molar-refractivity contribution in [2.75, 3.05) is 20.3 Å². The van der Waals surface area contributed by atoms with E-state index in [1.165, 1.54) is 18.9 Å². The van der Waals surface area contributed by atoms with Crippen molar-refractivity contribution < 1.29 is 24.2 Å². The summed E-state index contributed by atoms with van der Waals surface area (Å²) in [7, 11) is 1.49. The minimum atomic E-state index is -1.07. The Kier molecular flexibility index (Phi) is 7.36. The maximum atomic E-state index is 13.0. The van der Waals surface area contributed by atoms with Gasteiger partial charge in [0.25, 0.3) is 5.91 Å². The molecule has 162 valence electrons. The summed E-state index contributed by atoms with van der Waals surface area (Å²) in [5, 5.41) is 9.52. The Labute approximate surface area is 185 Å². The number of nitrogens with zero attached hydrogens (tertiary/aromatic N) is 2. The molecule has 0 unspecified atom stereocenters. The highest BCUT2D eigenvalue weighted by Gasteiger charge is 2.32. The summed E-state index contributed by atoms with van der Waals surface area (Å²) in [5.74, 6) is -0.380. The Morgan fingerprint density at radius 2 is 2.00 bits per heavy atom. The van der Waals surface area contributed by atoms with E-state index in [9.17, 15) is 9.59 Å². The number of carboxylic acids is 1. The molecule has 2 aromatic rings. The van der Waals surface area contributed by atoms with Crippen LogP contribution in [0.25, 0.3) is 6.08 Å². The Morgan fingerprint density at radius 1 is 1.26 bits per heavy atom. The van der Waals surface area contributed by atoms with Gasteiger partial charge in [-0.1, -0.05) is 25.1 Å². The molecule has 3 rings (SSSR count). The lowest BCUT2D eigenvalue weighted by Gasteiger charge is -2.14. The molecule has 0 radical (unpaired) electrons. The third-order valence-corrected chi connectivity index (χ3v) is 5.44. The van der Waals surface area contributed by atoms with Gasteiger partial charge in [-0.25, -0.2) is 9.79 Å². The quantitative estimate of drug-likeness (QED) is 0.609. The number of carboxylic acid groups (broad SMARTS) is 1. The lowest BCUT2D eigenvalue weighted by Crippen LogP contribution is -2.29. The van der Waals surface area contributed by atoms with Crippen LogP contribution >= 0.6 is 11.8 Å². The molecule has 1 aliphatic rings. The zero-order chi connectivity index (χ0) is 22.4. The van der Waals surface area contributed by atoms with Crippen molar-refractivity contribution in [3.05, 3.63) is 58.5 Å². The number of carbonyl (C=O) groups is 2. The molecule has 1 saturated heterocycles. The fraction of sp³-hybridized carbons (Fsp3) is 0.261. The maximum absolute atomic E-state index is 13.0. The summed E-state index contributed by atoms with van der Waals surface area (Å²) in [5.41, 5.74) is 2.26. The van der Waals surface area contributed by atoms with Gasteiger partial charge in [0.05, 0.1) is 17.7 Å². The molecule has 0 bridgehead atoms. The fourth-order valence-corrected chi connectivity index (χ4v) is 4.12. The van der Waals surface area contributed by atoms with Crippen LogP contribution in [0.2, 0.25) is 0 Å². The first kappa shape index (κ1) is 22.4. The standard InChI is InChI=1S/C23H24N2O5S/c1-4-10-25-22(28)19(31-23(25)24-17-8-6-5-7-9-17)13-16-11-15(2)21(18(12-16)29-3)30-14-20(26)27/h5-9,11-13H,4,10,14H2,1-3H3,(H,26,27)/b19-13+,24-23?. The van der Waals surface area contributed by atoms with Crippen LogP contribution in [0.4, 0.5) is 5.69 Å². The first-order chi connectivity index (χ1) is 14.9. The second kappa shape index (κ2) is 10.2. The number of hydrogen-bond acceptors (Lipinski definition) is 6. The fourth-order valence-electron chi connectivity index (χ4n) is 3.10. The molecule has 1 heterocycles. The highest BCUT2D eigenvalue weighted by atomic mass is 32.2. The van der Waals surface area contributed by atoms with Gasteiger partial charge in [-0.2, -0.15) is 0 Å². The molecule has 0 saturated carbocycles. The predicted molar refractivity (Wildman–Crippen MR) is 122 cm³/mol. The molecule has 31 heavy (non-hydrogen) atoms. The second-order valence-corrected chi connectivity index (χ2v) is 7.86. The molecule has 1 fully saturated rings. The number of hydrogen-bond donors (Lipinski definition) is 1. The summed E-state index contributed by atoms with van der Waals surface area (Å²) in [6.45, 7) is 3.94. The third-order valence-electron chi connectivity index (χ3n) is 4.44. The van der Waals surface area contributed by atoms with Crippen LogP contribution in [0.5, 0.6) is 11.5 Å². The number of methoxy groups -OCH3 is 1. The summed E-state index contributed by atoms with van der Waals surface area (Å²) in [6, 6.07) is 13.1. The summed E-state index contributed by atoms with van der Waals surface area (Å²) in [4.78, 5) is 30.8. The zero-order valence-corrected chi connectivity index (χ0v) is 18.4. The second-order valence-electron chi connectivity index (χ2n) is 6.85. The van der Waals surface area contributed by atoms with E-state index in [4.69, 9.17) is 14.6 Å². The topological polar surface area (TPSA) is 88.4 Å². The molecule has 0 aromatic heterocycles. The van der Waals surface area contributed by atoms with Crippen LogP contribution in [0.3, 0.4) is 0 Å². The number of thioether (sulfide) groups is 1. The van der Waals surface area contributed by atoms with E-state index in [1.807, 2.05) is 43.3 Å². The molecule has 0 atom stereocenters. The Balaban J connectivity index is 1.93. The number of benzene rings is 2. The van der Waals surface area contributed by atoms with Gasteiger partial charge in [0.1, 0.15) is 0 Å². The van der Waals surface area contributed by atoms with Gasteiger partial charge in [-0.3, -0.25) is 9.69 Å². The number of aliphatic imine (C=N–C) groups is 1. The van der Waals surface area contributed by atoms with E-state index in [1.54, 1.807) is 24.0 Å². The maximum Gasteiger partial charge on any atom is 0.341 e. The summed E-state index contributed by atoms with van der Waals surface area (Å²) < 4.78 is 10.7. The van der Waals surface area contributed by atoms with Gasteiger partial charge >= 0.3 is 5.97 Å². The Morgan fingerprint density at radius 3 is 2.65 bits per heavy atom. The Bertz CT molecular complexity index is 1030. The highest BCUT2D eigenvalue weighted by Crippen LogP contribution is 2.37. The van der Waals surface area contributed by atoms with E-state index in [2.05, 4.69) is 4.99 Å². The SMILES string of the molecule is CCCN1C(=O)/C(=C\c2cc(C)c(OCC(=O)O)c(OC)c2)SC1=Nc1ccccc1. The largest absolute Gasteiger partial charge is 0.493 e. The minimum Gasteiger partial charge on any atom is -0.493 e. The monoisotopic (exact) mass is 440 g/mol. The van der Waals surface area contributed by atoms with Crippen LogP contribution in [0, 0.1) is 6.92 Å². The summed E-state index contributed by atoms with van der Waals surface area (Å²) >= 11 is 1.33. The van der Waals surface area contributed by atoms with E-state index < -0.39 is 12.6 Å². The number of para-hydroxylation sites is 1. The first-order valence-corrected chi connectivity index (χ1v) is 10.6. The predicted octanol–water partition coefficient (Wildman–Crippen LogP) is 4.48. The number of rotatable bonds is 8. The molecule has 1 aliphatic heterocycles. The molecular weight excluding hydrogens is 416 g/mol. The average molecular weight is 441 g/mol. The number of ether oxygens (including phenoxy) is 2. The molecule has 1 amide bonds. The van der Waals surface area contributed by atoms with Gasteiger partial charge in [0.15, 0.2) is 23.3 Å². The molecule has 1 N–H and O–H groups in total. The molecule has 0 aliphatic carbocycles. The normalized spacial score (nSPS) is 16.2. The molecular formula is C23H24N2O5S. The van der Waals surface area contributed by atoms with Crippen molar-refractivity contribution in [3.8, 4) is 11.5 Å². The lowest BCUT2D eigenvalue weighted by atomic mass is 10.1. The molecule has 7 nitrogen and oxygen atoms in total. The van der Waals surface area contributed by atoms with Crippen molar-refractivity contribution in [2.45, 2.75) is 20.3 Å². The molecule has 0 spiro atoms. The van der Waals surface area contributed by atoms with E-state index >= 15 is 0 Å². The lowest BCUT2D eigenvalue weighted by molar-refractivity contribution is -0.139. The van der Waals surface area contributed by atoms with Gasteiger partial charge < -0.3 is 14.6 Å². The van der Waals surface area contributed by atoms with Crippen LogP contribution in [-0.2, 0) is 9.59 Å². The van der Waals surface area contributed by atoms with Crippen LogP contribution in [0.15, 0.2) is 52.4 Å². The summed E-state index contributed by atoms with van der Waals surface area (Å²) in [6.07, 6.45) is 2.61. The van der Waals surface area contributed by atoms with Crippen LogP contribution < -0.4 is 9.47 Å². The molecule has 8 heteroatoms. The number of aliphatic carboxylic acids is 1. The van der Waals surface area contributed by atoms with Gasteiger partial charge in [0, 0.05) is 6.54 Å². The van der Waals surface area contributed by atoms with Gasteiger partial charge in [0.2, 0.25) is 0 Å². The number of amides is 1. The number of amidine groups is 1. The Hall–Kier alpha value is -3.26. The smallest absolute Gasteiger partial charge is 0.341 e. The van der Waals surface area contributed by atoms with Crippen LogP contribution in [-0.4, -0.2) is 47.3 Å².